The fraction of sp³-hybridized carbons (Fsp3) is 0.786. The van der Waals surface area contributed by atoms with Gasteiger partial charge in [0.1, 0.15) is 60.4 Å². The van der Waals surface area contributed by atoms with Gasteiger partial charge in [-0.1, -0.05) is 107 Å². The van der Waals surface area contributed by atoms with Gasteiger partial charge in [0.2, 0.25) is 65.0 Å². The molecular weight excluding hydrogens is 1250 g/mol. The van der Waals surface area contributed by atoms with Gasteiger partial charge in [-0.15, -0.1) is 0 Å². The van der Waals surface area contributed by atoms with Crippen molar-refractivity contribution in [3.8, 4) is 0 Å². The molecular formula is C70H124N12O15. The Morgan fingerprint density at radius 1 is 0.526 bits per heavy atom. The summed E-state index contributed by atoms with van der Waals surface area (Å²) in [4.78, 5) is 173. The van der Waals surface area contributed by atoms with Gasteiger partial charge in [-0.05, 0) is 95.3 Å². The highest BCUT2D eigenvalue weighted by Gasteiger charge is 2.46. The van der Waals surface area contributed by atoms with E-state index in [-0.39, 0.29) is 56.7 Å². The average molecular weight is 1370 g/mol. The van der Waals surface area contributed by atoms with E-state index in [0.29, 0.717) is 26.2 Å². The lowest BCUT2D eigenvalue weighted by atomic mass is 9.91. The highest BCUT2D eigenvalue weighted by Crippen LogP contribution is 2.26. The van der Waals surface area contributed by atoms with Gasteiger partial charge >= 0.3 is 0 Å². The zero-order valence-electron chi connectivity index (χ0n) is 62.8. The van der Waals surface area contributed by atoms with Gasteiger partial charge < -0.3 is 74.9 Å². The Morgan fingerprint density at radius 2 is 1.02 bits per heavy atom. The van der Waals surface area contributed by atoms with Gasteiger partial charge in [0.25, 0.3) is 0 Å². The van der Waals surface area contributed by atoms with Gasteiger partial charge in [0, 0.05) is 69.0 Å². The molecule has 0 aromatic carbocycles. The molecule has 0 unspecified atom stereocenters. The third-order valence-electron chi connectivity index (χ3n) is 18.2. The highest BCUT2D eigenvalue weighted by atomic mass is 16.5. The normalized spacial score (nSPS) is 26.6. The van der Waals surface area contributed by atoms with Crippen molar-refractivity contribution >= 4 is 65.0 Å². The van der Waals surface area contributed by atoms with Gasteiger partial charge in [0.05, 0.1) is 51.8 Å². The van der Waals surface area contributed by atoms with Crippen molar-refractivity contribution in [1.82, 2.24) is 60.5 Å². The van der Waals surface area contributed by atoms with Crippen LogP contribution in [0.25, 0.3) is 0 Å². The van der Waals surface area contributed by atoms with Crippen LogP contribution in [-0.2, 0) is 67.0 Å². The monoisotopic (exact) mass is 1370 g/mol. The highest BCUT2D eigenvalue weighted by molar-refractivity contribution is 5.99. The number of rotatable bonds is 22. The first-order valence-corrected chi connectivity index (χ1v) is 34.8. The molecule has 2 heterocycles. The van der Waals surface area contributed by atoms with Crippen molar-refractivity contribution in [3.63, 3.8) is 0 Å². The van der Waals surface area contributed by atoms with Crippen molar-refractivity contribution in [2.24, 2.45) is 35.5 Å². The molecule has 0 saturated carbocycles. The molecule has 11 amide bonds. The maximum absolute atomic E-state index is 15.3. The Morgan fingerprint density at radius 3 is 1.55 bits per heavy atom. The molecule has 2 fully saturated rings. The molecule has 2 aliphatic rings. The smallest absolute Gasteiger partial charge is 0.246 e. The standard InChI is InChI=1S/C70H124N12O15/c1-24-26-29-47(13)60(84)59-64(88)73-51(25-2)66(90)75(17)41-55(83)79(21)58(50(16)97-34-28-27-33-95-35-30-82-31-36-96-37-32-82)63(87)74-56(45(9)10)69(93)76(18)52(38-42(3)4)62(86)71-48(14)61(85)72-49(15)65(89)77(19)53(39-43(5)6)67(91)78(20)54(40-44(7)8)68(92)80(22)57(46(11)12)70(94)81(59)23/h24,26-28,42-54,56-60,84H,25,29-41H2,1-23H3,(H,71,86)(H,72,85)(H,73,88)(H,74,87)/b26-24+,28-27+/t47-,48+,49-,50-,51+,52+,53+,54-,56+,57+,58+,59+,60-/m1/s1. The fourth-order valence-electron chi connectivity index (χ4n) is 12.1. The minimum atomic E-state index is -1.64. The van der Waals surface area contributed by atoms with Crippen LogP contribution in [0.2, 0.25) is 0 Å². The number of amides is 11. The number of hydrogen-bond acceptors (Lipinski definition) is 16. The second kappa shape index (κ2) is 41.8. The number of aliphatic hydroxyl groups excluding tert-OH is 1. The van der Waals surface area contributed by atoms with Crippen LogP contribution in [0.3, 0.4) is 0 Å². The van der Waals surface area contributed by atoms with Crippen molar-refractivity contribution in [1.29, 1.82) is 0 Å². The maximum Gasteiger partial charge on any atom is 0.246 e. The first-order chi connectivity index (χ1) is 45.3. The number of hydrogen-bond donors (Lipinski definition) is 5. The summed E-state index contributed by atoms with van der Waals surface area (Å²) >= 11 is 0. The number of carbonyl (C=O) groups is 11. The second-order valence-electron chi connectivity index (χ2n) is 28.4. The van der Waals surface area contributed by atoms with E-state index in [1.807, 2.05) is 41.5 Å². The number of morpholine rings is 1. The molecule has 0 aromatic heterocycles. The fourth-order valence-corrected chi connectivity index (χ4v) is 12.1. The SMILES string of the molecule is C/C=C/C[C@@H](C)[C@@H](O)[C@H]1C(=O)N[C@@H](CC)C(=O)N(C)CC(=O)N(C)[C@@H]([C@@H](C)OC/C=C/COCCN2CCOCC2)C(=O)N[C@@H](C(C)C)C(=O)N(C)[C@@H](CC(C)C)C(=O)N[C@@H](C)C(=O)N[C@H](C)C(=O)N(C)[C@@H](CC(C)C)C(=O)N(C)[C@H](CC(C)C)C(=O)N(C)[C@@H](C(C)C)C(=O)N1C. The topological polar surface area (TPSA) is 310 Å². The predicted octanol–water partition coefficient (Wildman–Crippen LogP) is 2.53. The van der Waals surface area contributed by atoms with E-state index < -0.39 is 162 Å². The first kappa shape index (κ1) is 86.5. The number of nitrogens with one attached hydrogen (secondary N) is 4. The number of carbonyl (C=O) groups excluding carboxylic acids is 11. The van der Waals surface area contributed by atoms with Crippen LogP contribution in [0, 0.1) is 35.5 Å². The van der Waals surface area contributed by atoms with Gasteiger partial charge in [0.15, 0.2) is 0 Å². The minimum absolute atomic E-state index is 0.0149. The van der Waals surface area contributed by atoms with Crippen molar-refractivity contribution < 1.29 is 72.1 Å². The van der Waals surface area contributed by atoms with Crippen molar-refractivity contribution in [2.45, 2.75) is 216 Å². The number of allylic oxidation sites excluding steroid dienone is 2. The molecule has 5 N–H and O–H groups in total. The van der Waals surface area contributed by atoms with E-state index in [4.69, 9.17) is 14.2 Å². The van der Waals surface area contributed by atoms with Crippen LogP contribution < -0.4 is 21.3 Å². The summed E-state index contributed by atoms with van der Waals surface area (Å²) < 4.78 is 17.5. The Bertz CT molecular complexity index is 2650. The summed E-state index contributed by atoms with van der Waals surface area (Å²) in [5.41, 5.74) is 0. The summed E-state index contributed by atoms with van der Waals surface area (Å²) in [5.74, 6) is -10.2. The zero-order chi connectivity index (χ0) is 74.0. The Kier molecular flexibility index (Phi) is 37.3. The molecule has 2 saturated heterocycles. The van der Waals surface area contributed by atoms with Crippen LogP contribution in [0.4, 0.5) is 0 Å². The largest absolute Gasteiger partial charge is 0.390 e. The summed E-state index contributed by atoms with van der Waals surface area (Å²) in [7, 11) is 9.80. The molecule has 0 radical (unpaired) electrons. The van der Waals surface area contributed by atoms with Crippen molar-refractivity contribution in [3.05, 3.63) is 24.3 Å². The molecule has 27 nitrogen and oxygen atoms in total. The molecule has 2 aliphatic heterocycles. The van der Waals surface area contributed by atoms with Crippen LogP contribution in [0.5, 0.6) is 0 Å². The van der Waals surface area contributed by atoms with E-state index in [1.54, 1.807) is 79.7 Å². The molecule has 2 rings (SSSR count). The molecule has 13 atom stereocenters. The van der Waals surface area contributed by atoms with E-state index in [2.05, 4.69) is 26.2 Å². The lowest BCUT2D eigenvalue weighted by molar-refractivity contribution is -0.157. The molecule has 0 aliphatic carbocycles. The summed E-state index contributed by atoms with van der Waals surface area (Å²) in [6, 6.07) is -13.0. The van der Waals surface area contributed by atoms with Crippen LogP contribution in [-0.4, -0.2) is 290 Å². The van der Waals surface area contributed by atoms with Crippen LogP contribution >= 0.6 is 0 Å². The van der Waals surface area contributed by atoms with Crippen molar-refractivity contribution in [2.75, 3.05) is 109 Å². The molecule has 97 heavy (non-hydrogen) atoms. The summed E-state index contributed by atoms with van der Waals surface area (Å²) in [6.45, 7) is 31.5. The minimum Gasteiger partial charge on any atom is -0.390 e. The quantitative estimate of drug-likeness (QED) is 0.0768. The molecule has 27 heteroatoms. The maximum atomic E-state index is 15.3. The zero-order valence-corrected chi connectivity index (χ0v) is 62.8. The number of likely N-dealkylation sites (N-methyl/N-ethyl adjacent to an activating group) is 7. The number of ether oxygens (including phenoxy) is 3. The molecule has 0 aromatic rings. The predicted molar refractivity (Wildman–Crippen MR) is 372 cm³/mol. The first-order valence-electron chi connectivity index (χ1n) is 34.8. The number of aliphatic hydroxyl groups is 1. The van der Waals surface area contributed by atoms with Gasteiger partial charge in [-0.2, -0.15) is 0 Å². The molecule has 554 valence electrons. The van der Waals surface area contributed by atoms with E-state index >= 15 is 14.4 Å². The lowest BCUT2D eigenvalue weighted by Gasteiger charge is -2.41. The third-order valence-corrected chi connectivity index (χ3v) is 18.2. The summed E-state index contributed by atoms with van der Waals surface area (Å²) in [5, 5.41) is 23.2. The average Bonchev–Trinajstić information content (AvgIpc) is 0.808. The Hall–Kier alpha value is -6.55. The third kappa shape index (κ3) is 25.9. The second-order valence-corrected chi connectivity index (χ2v) is 28.4. The number of nitrogens with zero attached hydrogens (tertiary/aromatic N) is 8. The molecule has 0 spiro atoms. The van der Waals surface area contributed by atoms with E-state index in [0.717, 1.165) is 34.3 Å². The van der Waals surface area contributed by atoms with E-state index in [9.17, 15) is 43.5 Å². The Balaban J connectivity index is 2.94. The van der Waals surface area contributed by atoms with E-state index in [1.165, 1.54) is 82.8 Å². The van der Waals surface area contributed by atoms with Gasteiger partial charge in [-0.3, -0.25) is 57.6 Å². The van der Waals surface area contributed by atoms with Crippen LogP contribution in [0.1, 0.15) is 143 Å². The Labute approximate surface area is 579 Å². The van der Waals surface area contributed by atoms with Crippen LogP contribution in [0.15, 0.2) is 24.3 Å². The molecule has 0 bridgehead atoms. The van der Waals surface area contributed by atoms with Gasteiger partial charge in [-0.25, -0.2) is 0 Å². The lowest BCUT2D eigenvalue weighted by Crippen LogP contribution is -2.63. The summed E-state index contributed by atoms with van der Waals surface area (Å²) in [6.07, 6.45) is 5.15.